The predicted octanol–water partition coefficient (Wildman–Crippen LogP) is 3.03. The van der Waals surface area contributed by atoms with Crippen molar-refractivity contribution in [2.75, 3.05) is 18.0 Å². The van der Waals surface area contributed by atoms with Crippen molar-refractivity contribution < 1.29 is 14.0 Å². The van der Waals surface area contributed by atoms with Crippen LogP contribution in [-0.4, -0.2) is 46.9 Å². The number of likely N-dealkylation sites (tertiary alicyclic amines) is 1. The van der Waals surface area contributed by atoms with E-state index in [2.05, 4.69) is 9.88 Å². The number of halogens is 1. The highest BCUT2D eigenvalue weighted by Gasteiger charge is 2.51. The number of primary amides is 1. The van der Waals surface area contributed by atoms with Gasteiger partial charge < -0.3 is 15.5 Å². The Kier molecular flexibility index (Phi) is 4.53. The molecule has 1 aliphatic carbocycles. The van der Waals surface area contributed by atoms with E-state index in [-0.39, 0.29) is 29.4 Å². The first-order valence-electron chi connectivity index (χ1n) is 10.2. The van der Waals surface area contributed by atoms with Gasteiger partial charge in [-0.25, -0.2) is 9.37 Å². The van der Waals surface area contributed by atoms with Gasteiger partial charge in [0.25, 0.3) is 5.91 Å². The summed E-state index contributed by atoms with van der Waals surface area (Å²) in [7, 11) is 0. The SMILES string of the molecule is NC(=O)[C@H]1[C@@H]2CC[C@@H](C2)N1C(=O)c1nc(N2CCCC2)sc1-c1ccccc1F. The van der Waals surface area contributed by atoms with Gasteiger partial charge in [0.1, 0.15) is 17.6 Å². The minimum atomic E-state index is -0.591. The molecule has 0 spiro atoms. The van der Waals surface area contributed by atoms with Crippen LogP contribution >= 0.6 is 11.3 Å². The van der Waals surface area contributed by atoms with Crippen LogP contribution in [0.4, 0.5) is 9.52 Å². The number of amides is 2. The lowest BCUT2D eigenvalue weighted by Crippen LogP contribution is -2.51. The van der Waals surface area contributed by atoms with Crippen molar-refractivity contribution in [2.45, 2.75) is 44.2 Å². The van der Waals surface area contributed by atoms with Gasteiger partial charge in [0, 0.05) is 24.7 Å². The lowest BCUT2D eigenvalue weighted by Gasteiger charge is -2.33. The first-order chi connectivity index (χ1) is 14.0. The maximum absolute atomic E-state index is 14.6. The minimum absolute atomic E-state index is 0.00964. The number of piperidine rings is 1. The largest absolute Gasteiger partial charge is 0.368 e. The van der Waals surface area contributed by atoms with Crippen molar-refractivity contribution in [3.05, 3.63) is 35.8 Å². The quantitative estimate of drug-likeness (QED) is 0.834. The summed E-state index contributed by atoms with van der Waals surface area (Å²) < 4.78 is 14.6. The number of carbonyl (C=O) groups excluding carboxylic acids is 2. The number of hydrogen-bond acceptors (Lipinski definition) is 5. The van der Waals surface area contributed by atoms with Crippen molar-refractivity contribution in [1.29, 1.82) is 0 Å². The Labute approximate surface area is 172 Å². The third kappa shape index (κ3) is 3.01. The smallest absolute Gasteiger partial charge is 0.275 e. The van der Waals surface area contributed by atoms with Gasteiger partial charge in [-0.15, -0.1) is 0 Å². The van der Waals surface area contributed by atoms with Crippen LogP contribution in [0.5, 0.6) is 0 Å². The van der Waals surface area contributed by atoms with Gasteiger partial charge in [-0.05, 0) is 44.1 Å². The number of anilines is 1. The predicted molar refractivity (Wildman–Crippen MR) is 109 cm³/mol. The first-order valence-corrected chi connectivity index (χ1v) is 11.0. The molecule has 1 aromatic heterocycles. The summed E-state index contributed by atoms with van der Waals surface area (Å²) in [6, 6.07) is 5.87. The highest BCUT2D eigenvalue weighted by molar-refractivity contribution is 7.19. The number of benzene rings is 1. The molecule has 29 heavy (non-hydrogen) atoms. The minimum Gasteiger partial charge on any atom is -0.368 e. The van der Waals surface area contributed by atoms with Gasteiger partial charge in [0.15, 0.2) is 5.13 Å². The number of aromatic nitrogens is 1. The van der Waals surface area contributed by atoms with E-state index in [4.69, 9.17) is 5.73 Å². The van der Waals surface area contributed by atoms with Gasteiger partial charge in [-0.3, -0.25) is 9.59 Å². The molecule has 3 fully saturated rings. The maximum Gasteiger partial charge on any atom is 0.275 e. The standard InChI is InChI=1S/C21H23FN4O2S/c22-15-6-2-1-5-14(15)18-16(24-21(29-18)25-9-3-4-10-25)20(28)26-13-8-7-12(11-13)17(26)19(23)27/h1-2,5-6,12-13,17H,3-4,7-11H2,(H2,23,27)/t12-,13+,17-/m1/s1. The molecule has 6 nitrogen and oxygen atoms in total. The summed E-state index contributed by atoms with van der Waals surface area (Å²) in [5.41, 5.74) is 6.26. The van der Waals surface area contributed by atoms with Crippen LogP contribution in [0.3, 0.4) is 0 Å². The maximum atomic E-state index is 14.6. The molecule has 2 amide bonds. The average molecular weight is 415 g/mol. The highest BCUT2D eigenvalue weighted by Crippen LogP contribution is 2.45. The molecule has 3 aliphatic rings. The molecular formula is C21H23FN4O2S. The summed E-state index contributed by atoms with van der Waals surface area (Å²) in [6.07, 6.45) is 4.75. The van der Waals surface area contributed by atoms with Gasteiger partial charge in [0.2, 0.25) is 5.91 Å². The second-order valence-electron chi connectivity index (χ2n) is 8.13. The number of fused-ring (bicyclic) bond motifs is 2. The summed E-state index contributed by atoms with van der Waals surface area (Å²) in [6.45, 7) is 1.77. The summed E-state index contributed by atoms with van der Waals surface area (Å²) in [5.74, 6) is -1.03. The second-order valence-corrected chi connectivity index (χ2v) is 9.11. The Bertz CT molecular complexity index is 971. The highest BCUT2D eigenvalue weighted by atomic mass is 32.1. The number of rotatable bonds is 4. The molecule has 1 saturated carbocycles. The molecule has 2 aromatic rings. The molecule has 5 rings (SSSR count). The number of hydrogen-bond donors (Lipinski definition) is 1. The average Bonchev–Trinajstić information content (AvgIpc) is 3.50. The van der Waals surface area contributed by atoms with E-state index in [1.54, 1.807) is 23.1 Å². The van der Waals surface area contributed by atoms with Crippen LogP contribution in [0, 0.1) is 11.7 Å². The molecule has 2 bridgehead atoms. The molecule has 8 heteroatoms. The second kappa shape index (κ2) is 7.09. The molecule has 2 N–H and O–H groups in total. The van der Waals surface area contributed by atoms with Crippen LogP contribution in [0.25, 0.3) is 10.4 Å². The van der Waals surface area contributed by atoms with E-state index in [1.165, 1.54) is 17.4 Å². The Balaban J connectivity index is 1.59. The van der Waals surface area contributed by atoms with Crippen LogP contribution in [0.2, 0.25) is 0 Å². The molecular weight excluding hydrogens is 391 g/mol. The van der Waals surface area contributed by atoms with Crippen molar-refractivity contribution in [1.82, 2.24) is 9.88 Å². The number of nitrogens with two attached hydrogens (primary N) is 1. The van der Waals surface area contributed by atoms with Crippen LogP contribution < -0.4 is 10.6 Å². The lowest BCUT2D eigenvalue weighted by molar-refractivity contribution is -0.123. The van der Waals surface area contributed by atoms with Gasteiger partial charge >= 0.3 is 0 Å². The van der Waals surface area contributed by atoms with Gasteiger partial charge in [0.05, 0.1) is 4.88 Å². The Morgan fingerprint density at radius 1 is 1.17 bits per heavy atom. The van der Waals surface area contributed by atoms with E-state index >= 15 is 0 Å². The fourth-order valence-electron chi connectivity index (χ4n) is 5.09. The van der Waals surface area contributed by atoms with E-state index in [9.17, 15) is 14.0 Å². The molecule has 0 radical (unpaired) electrons. The Hall–Kier alpha value is -2.48. The fraction of sp³-hybridized carbons (Fsp3) is 0.476. The van der Waals surface area contributed by atoms with Crippen LogP contribution in [0.1, 0.15) is 42.6 Å². The van der Waals surface area contributed by atoms with Crippen molar-refractivity contribution in [3.63, 3.8) is 0 Å². The summed E-state index contributed by atoms with van der Waals surface area (Å²) in [4.78, 5) is 34.7. The number of nitrogens with zero attached hydrogens (tertiary/aromatic N) is 3. The van der Waals surface area contributed by atoms with Gasteiger partial charge in [-0.1, -0.05) is 29.5 Å². The van der Waals surface area contributed by atoms with E-state index < -0.39 is 11.9 Å². The molecule has 0 unspecified atom stereocenters. The van der Waals surface area contributed by atoms with Crippen LogP contribution in [-0.2, 0) is 4.79 Å². The zero-order valence-corrected chi connectivity index (χ0v) is 16.8. The molecule has 152 valence electrons. The van der Waals surface area contributed by atoms with E-state index in [0.29, 0.717) is 10.4 Å². The van der Waals surface area contributed by atoms with Crippen LogP contribution in [0.15, 0.2) is 24.3 Å². The summed E-state index contributed by atoms with van der Waals surface area (Å²) >= 11 is 1.35. The van der Waals surface area contributed by atoms with Crippen molar-refractivity contribution in [3.8, 4) is 10.4 Å². The molecule has 3 atom stereocenters. The third-order valence-electron chi connectivity index (χ3n) is 6.42. The Morgan fingerprint density at radius 3 is 2.66 bits per heavy atom. The van der Waals surface area contributed by atoms with Crippen molar-refractivity contribution >= 4 is 28.3 Å². The monoisotopic (exact) mass is 414 g/mol. The first kappa shape index (κ1) is 18.5. The normalized spacial score (nSPS) is 25.8. The van der Waals surface area contributed by atoms with Crippen molar-refractivity contribution in [2.24, 2.45) is 11.7 Å². The lowest BCUT2D eigenvalue weighted by atomic mass is 9.97. The molecule has 2 saturated heterocycles. The van der Waals surface area contributed by atoms with E-state index in [1.807, 2.05) is 0 Å². The third-order valence-corrected chi connectivity index (χ3v) is 7.57. The molecule has 2 aliphatic heterocycles. The molecule has 3 heterocycles. The summed E-state index contributed by atoms with van der Waals surface area (Å²) in [5, 5.41) is 0.740. The van der Waals surface area contributed by atoms with E-state index in [0.717, 1.165) is 50.3 Å². The topological polar surface area (TPSA) is 79.5 Å². The zero-order chi connectivity index (χ0) is 20.1. The number of carbonyl (C=O) groups is 2. The zero-order valence-electron chi connectivity index (χ0n) is 16.0. The Morgan fingerprint density at radius 2 is 1.93 bits per heavy atom. The van der Waals surface area contributed by atoms with Gasteiger partial charge in [-0.2, -0.15) is 0 Å². The number of thiazole rings is 1. The fourth-order valence-corrected chi connectivity index (χ4v) is 6.23. The molecule has 1 aromatic carbocycles.